The van der Waals surface area contributed by atoms with Gasteiger partial charge in [0.2, 0.25) is 0 Å². The van der Waals surface area contributed by atoms with Crippen molar-refractivity contribution >= 4 is 11.7 Å². The number of benzene rings is 2. The Balaban J connectivity index is 1.40. The van der Waals surface area contributed by atoms with E-state index < -0.39 is 6.10 Å². The Bertz CT molecular complexity index is 784. The Kier molecular flexibility index (Phi) is 6.79. The number of ketones is 1. The molecule has 6 heteroatoms. The zero-order valence-electron chi connectivity index (χ0n) is 16.1. The average Bonchev–Trinajstić information content (AvgIpc) is 2.73. The van der Waals surface area contributed by atoms with Crippen LogP contribution >= 0.6 is 0 Å². The summed E-state index contributed by atoms with van der Waals surface area (Å²) in [6, 6.07) is 16.2. The molecule has 1 atom stereocenters. The van der Waals surface area contributed by atoms with E-state index in [0.717, 1.165) is 13.1 Å². The zero-order valence-corrected chi connectivity index (χ0v) is 16.1. The third-order valence-electron chi connectivity index (χ3n) is 4.85. The van der Waals surface area contributed by atoms with Crippen molar-refractivity contribution < 1.29 is 19.4 Å². The Morgan fingerprint density at radius 2 is 1.61 bits per heavy atom. The van der Waals surface area contributed by atoms with Crippen molar-refractivity contribution in [3.8, 4) is 5.75 Å². The average molecular weight is 382 g/mol. The summed E-state index contributed by atoms with van der Waals surface area (Å²) < 4.78 is 5.61. The third-order valence-corrected chi connectivity index (χ3v) is 4.85. The first-order valence-corrected chi connectivity index (χ1v) is 9.51. The molecule has 1 amide bonds. The number of nitrogens with zero attached hydrogens (tertiary/aromatic N) is 2. The van der Waals surface area contributed by atoms with Crippen LogP contribution in [0.4, 0.5) is 0 Å². The van der Waals surface area contributed by atoms with E-state index in [0.29, 0.717) is 36.5 Å². The summed E-state index contributed by atoms with van der Waals surface area (Å²) in [5.41, 5.74) is 1.34. The second-order valence-electron chi connectivity index (χ2n) is 7.00. The highest BCUT2D eigenvalue weighted by atomic mass is 16.5. The number of amides is 1. The van der Waals surface area contributed by atoms with E-state index in [1.165, 1.54) is 6.92 Å². The number of aliphatic hydroxyl groups excluding tert-OH is 1. The molecule has 1 unspecified atom stereocenters. The molecular weight excluding hydrogens is 356 g/mol. The molecule has 2 aromatic carbocycles. The number of hydrogen-bond donors (Lipinski definition) is 1. The molecule has 0 radical (unpaired) electrons. The standard InChI is InChI=1S/C22H26N2O4/c1-17(25)18-7-9-21(10-8-18)28-16-20(26)15-23-11-13-24(14-12-23)22(27)19-5-3-2-4-6-19/h2-10,20,26H,11-16H2,1H3. The van der Waals surface area contributed by atoms with Gasteiger partial charge in [-0.2, -0.15) is 0 Å². The van der Waals surface area contributed by atoms with Crippen molar-refractivity contribution in [2.75, 3.05) is 39.3 Å². The maximum atomic E-state index is 12.5. The van der Waals surface area contributed by atoms with Crippen LogP contribution in [0.2, 0.25) is 0 Å². The molecule has 1 fully saturated rings. The lowest BCUT2D eigenvalue weighted by molar-refractivity contribution is 0.0403. The second kappa shape index (κ2) is 9.48. The van der Waals surface area contributed by atoms with Crippen LogP contribution in [-0.2, 0) is 0 Å². The fourth-order valence-corrected chi connectivity index (χ4v) is 3.23. The highest BCUT2D eigenvalue weighted by molar-refractivity contribution is 5.94. The van der Waals surface area contributed by atoms with Crippen LogP contribution in [0.5, 0.6) is 5.75 Å². The summed E-state index contributed by atoms with van der Waals surface area (Å²) in [4.78, 5) is 27.7. The third kappa shape index (κ3) is 5.41. The molecular formula is C22H26N2O4. The largest absolute Gasteiger partial charge is 0.491 e. The van der Waals surface area contributed by atoms with Gasteiger partial charge in [0.25, 0.3) is 5.91 Å². The maximum absolute atomic E-state index is 12.5. The summed E-state index contributed by atoms with van der Waals surface area (Å²) in [7, 11) is 0. The minimum absolute atomic E-state index is 0.0106. The minimum atomic E-state index is -0.621. The van der Waals surface area contributed by atoms with E-state index in [1.54, 1.807) is 24.3 Å². The van der Waals surface area contributed by atoms with E-state index in [9.17, 15) is 14.7 Å². The number of rotatable bonds is 7. The number of ether oxygens (including phenoxy) is 1. The Morgan fingerprint density at radius 3 is 2.21 bits per heavy atom. The lowest BCUT2D eigenvalue weighted by Gasteiger charge is -2.35. The van der Waals surface area contributed by atoms with E-state index in [-0.39, 0.29) is 18.3 Å². The van der Waals surface area contributed by atoms with Gasteiger partial charge in [-0.15, -0.1) is 0 Å². The Labute approximate surface area is 165 Å². The van der Waals surface area contributed by atoms with Crippen molar-refractivity contribution in [3.63, 3.8) is 0 Å². The summed E-state index contributed by atoms with van der Waals surface area (Å²) in [6.07, 6.45) is -0.621. The topological polar surface area (TPSA) is 70.1 Å². The zero-order chi connectivity index (χ0) is 19.9. The number of β-amino-alcohol motifs (C(OH)–C–C–N with tert-alkyl or cyclic N) is 1. The van der Waals surface area contributed by atoms with Gasteiger partial charge >= 0.3 is 0 Å². The van der Waals surface area contributed by atoms with Crippen molar-refractivity contribution in [1.29, 1.82) is 0 Å². The van der Waals surface area contributed by atoms with Crippen molar-refractivity contribution in [3.05, 3.63) is 65.7 Å². The van der Waals surface area contributed by atoms with Crippen LogP contribution in [0.3, 0.4) is 0 Å². The molecule has 1 heterocycles. The van der Waals surface area contributed by atoms with Crippen molar-refractivity contribution in [1.82, 2.24) is 9.80 Å². The summed E-state index contributed by atoms with van der Waals surface area (Å²) in [5, 5.41) is 10.3. The fourth-order valence-electron chi connectivity index (χ4n) is 3.23. The first-order valence-electron chi connectivity index (χ1n) is 9.51. The molecule has 1 aliphatic heterocycles. The van der Waals surface area contributed by atoms with Crippen LogP contribution in [0.25, 0.3) is 0 Å². The molecule has 1 aliphatic rings. The summed E-state index contributed by atoms with van der Waals surface area (Å²) in [5.74, 6) is 0.692. The monoisotopic (exact) mass is 382 g/mol. The first-order chi connectivity index (χ1) is 13.5. The number of hydrogen-bond acceptors (Lipinski definition) is 5. The molecule has 1 N–H and O–H groups in total. The van der Waals surface area contributed by atoms with E-state index in [2.05, 4.69) is 4.90 Å². The Hall–Kier alpha value is -2.70. The molecule has 0 spiro atoms. The second-order valence-corrected chi connectivity index (χ2v) is 7.00. The van der Waals surface area contributed by atoms with Gasteiger partial charge in [-0.05, 0) is 43.3 Å². The number of piperazine rings is 1. The molecule has 1 saturated heterocycles. The van der Waals surface area contributed by atoms with Gasteiger partial charge < -0.3 is 14.7 Å². The maximum Gasteiger partial charge on any atom is 0.253 e. The smallest absolute Gasteiger partial charge is 0.253 e. The van der Waals surface area contributed by atoms with Gasteiger partial charge in [-0.3, -0.25) is 14.5 Å². The number of carbonyl (C=O) groups excluding carboxylic acids is 2. The van der Waals surface area contributed by atoms with Crippen LogP contribution in [0.1, 0.15) is 27.6 Å². The predicted octanol–water partition coefficient (Wildman–Crippen LogP) is 2.09. The lowest BCUT2D eigenvalue weighted by Crippen LogP contribution is -2.50. The molecule has 0 aliphatic carbocycles. The minimum Gasteiger partial charge on any atom is -0.491 e. The van der Waals surface area contributed by atoms with E-state index in [1.807, 2.05) is 35.2 Å². The van der Waals surface area contributed by atoms with Crippen LogP contribution < -0.4 is 4.74 Å². The number of aliphatic hydroxyl groups is 1. The lowest BCUT2D eigenvalue weighted by atomic mass is 10.1. The molecule has 28 heavy (non-hydrogen) atoms. The number of Topliss-reactive ketones (excluding diaryl/α,β-unsaturated/α-hetero) is 1. The van der Waals surface area contributed by atoms with Gasteiger partial charge in [0.1, 0.15) is 18.5 Å². The van der Waals surface area contributed by atoms with Crippen molar-refractivity contribution in [2.45, 2.75) is 13.0 Å². The SMILES string of the molecule is CC(=O)c1ccc(OCC(O)CN2CCN(C(=O)c3ccccc3)CC2)cc1. The predicted molar refractivity (Wildman–Crippen MR) is 107 cm³/mol. The molecule has 3 rings (SSSR count). The molecule has 0 bridgehead atoms. The van der Waals surface area contributed by atoms with Crippen LogP contribution in [0, 0.1) is 0 Å². The quantitative estimate of drug-likeness (QED) is 0.743. The normalized spacial score (nSPS) is 15.9. The molecule has 0 aromatic heterocycles. The Morgan fingerprint density at radius 1 is 0.964 bits per heavy atom. The van der Waals surface area contributed by atoms with E-state index in [4.69, 9.17) is 4.74 Å². The molecule has 2 aromatic rings. The molecule has 0 saturated carbocycles. The summed E-state index contributed by atoms with van der Waals surface area (Å²) >= 11 is 0. The number of carbonyl (C=O) groups is 2. The first kappa shape index (κ1) is 20.0. The van der Waals surface area contributed by atoms with Gasteiger partial charge in [-0.25, -0.2) is 0 Å². The van der Waals surface area contributed by atoms with Gasteiger partial charge in [-0.1, -0.05) is 18.2 Å². The fraction of sp³-hybridized carbons (Fsp3) is 0.364. The van der Waals surface area contributed by atoms with Gasteiger partial charge in [0.05, 0.1) is 0 Å². The van der Waals surface area contributed by atoms with Gasteiger partial charge in [0.15, 0.2) is 5.78 Å². The highest BCUT2D eigenvalue weighted by Crippen LogP contribution is 2.13. The van der Waals surface area contributed by atoms with E-state index >= 15 is 0 Å². The van der Waals surface area contributed by atoms with Crippen LogP contribution in [0.15, 0.2) is 54.6 Å². The van der Waals surface area contributed by atoms with Gasteiger partial charge in [0, 0.05) is 43.9 Å². The van der Waals surface area contributed by atoms with Crippen molar-refractivity contribution in [2.24, 2.45) is 0 Å². The summed E-state index contributed by atoms with van der Waals surface area (Å²) in [6.45, 7) is 4.95. The molecule has 6 nitrogen and oxygen atoms in total. The van der Waals surface area contributed by atoms with Crippen LogP contribution in [-0.4, -0.2) is 72.0 Å². The highest BCUT2D eigenvalue weighted by Gasteiger charge is 2.23. The molecule has 148 valence electrons.